The zero-order valence-corrected chi connectivity index (χ0v) is 18.1. The van der Waals surface area contributed by atoms with Crippen LogP contribution in [0, 0.1) is 0 Å². The molecule has 3 aromatic carbocycles. The lowest BCUT2D eigenvalue weighted by atomic mass is 10.2. The van der Waals surface area contributed by atoms with E-state index in [9.17, 15) is 13.2 Å². The summed E-state index contributed by atoms with van der Waals surface area (Å²) < 4.78 is 34.0. The van der Waals surface area contributed by atoms with Crippen molar-refractivity contribution in [1.82, 2.24) is 9.78 Å². The van der Waals surface area contributed by atoms with Crippen molar-refractivity contribution in [3.8, 4) is 5.69 Å². The largest absolute Gasteiger partial charge is 0.457 e. The van der Waals surface area contributed by atoms with Crippen LogP contribution in [0.3, 0.4) is 0 Å². The molecule has 1 aromatic heterocycles. The summed E-state index contributed by atoms with van der Waals surface area (Å²) in [6.45, 7) is 0.106. The Morgan fingerprint density at radius 1 is 0.938 bits per heavy atom. The highest BCUT2D eigenvalue weighted by atomic mass is 32.2. The number of hydrogen-bond acceptors (Lipinski definition) is 5. The number of benzene rings is 3. The lowest BCUT2D eigenvalue weighted by Crippen LogP contribution is -2.26. The predicted octanol–water partition coefficient (Wildman–Crippen LogP) is 4.05. The number of ether oxygens (including phenoxy) is 1. The lowest BCUT2D eigenvalue weighted by molar-refractivity contribution is 0.0472. The Hall–Kier alpha value is -3.91. The van der Waals surface area contributed by atoms with Gasteiger partial charge in [-0.1, -0.05) is 30.3 Å². The van der Waals surface area contributed by atoms with Crippen molar-refractivity contribution in [2.75, 3.05) is 11.4 Å². The molecule has 0 unspecified atom stereocenters. The minimum Gasteiger partial charge on any atom is -0.457 e. The van der Waals surface area contributed by atoms with Crippen molar-refractivity contribution in [1.29, 1.82) is 0 Å². The van der Waals surface area contributed by atoms with E-state index in [2.05, 4.69) is 5.10 Å². The van der Waals surface area contributed by atoms with Gasteiger partial charge in [-0.3, -0.25) is 4.31 Å². The average molecular weight is 448 g/mol. The van der Waals surface area contributed by atoms with Crippen LogP contribution >= 0.6 is 0 Å². The second-order valence-corrected chi connectivity index (χ2v) is 8.99. The van der Waals surface area contributed by atoms with E-state index < -0.39 is 16.0 Å². The Morgan fingerprint density at radius 3 is 2.25 bits per heavy atom. The highest BCUT2D eigenvalue weighted by Crippen LogP contribution is 2.22. The fourth-order valence-corrected chi connectivity index (χ4v) is 4.29. The molecular formula is C24H21N3O4S. The molecule has 0 aliphatic heterocycles. The van der Waals surface area contributed by atoms with E-state index in [1.165, 1.54) is 35.6 Å². The standard InChI is InChI=1S/C24H21N3O4S/c1-26(21-6-3-2-4-7-21)32(29,30)23-14-10-20(11-15-23)24(28)31-18-19-8-12-22(13-9-19)27-17-5-16-25-27/h2-17H,18H2,1H3. The summed E-state index contributed by atoms with van der Waals surface area (Å²) in [4.78, 5) is 12.5. The van der Waals surface area contributed by atoms with Crippen LogP contribution in [0.1, 0.15) is 15.9 Å². The van der Waals surface area contributed by atoms with Crippen LogP contribution in [0.4, 0.5) is 5.69 Å². The quantitative estimate of drug-likeness (QED) is 0.399. The number of esters is 1. The SMILES string of the molecule is CN(c1ccccc1)S(=O)(=O)c1ccc(C(=O)OCc2ccc(-n3cccn3)cc2)cc1. The van der Waals surface area contributed by atoms with E-state index >= 15 is 0 Å². The van der Waals surface area contributed by atoms with Gasteiger partial charge in [-0.05, 0) is 60.2 Å². The fraction of sp³-hybridized carbons (Fsp3) is 0.0833. The summed E-state index contributed by atoms with van der Waals surface area (Å²) in [5.74, 6) is -0.526. The molecule has 0 aliphatic rings. The topological polar surface area (TPSA) is 81.5 Å². The molecule has 0 aliphatic carbocycles. The first kappa shape index (κ1) is 21.3. The number of carbonyl (C=O) groups excluding carboxylic acids is 1. The van der Waals surface area contributed by atoms with Gasteiger partial charge in [0, 0.05) is 19.4 Å². The van der Waals surface area contributed by atoms with Crippen molar-refractivity contribution < 1.29 is 17.9 Å². The number of nitrogens with zero attached hydrogens (tertiary/aromatic N) is 3. The summed E-state index contributed by atoms with van der Waals surface area (Å²) in [6.07, 6.45) is 3.54. The van der Waals surface area contributed by atoms with Crippen molar-refractivity contribution >= 4 is 21.7 Å². The maximum Gasteiger partial charge on any atom is 0.338 e. The van der Waals surface area contributed by atoms with Gasteiger partial charge in [0.2, 0.25) is 0 Å². The van der Waals surface area contributed by atoms with Gasteiger partial charge in [-0.15, -0.1) is 0 Å². The Bertz CT molecular complexity index is 1290. The summed E-state index contributed by atoms with van der Waals surface area (Å²) in [5, 5.41) is 4.17. The van der Waals surface area contributed by atoms with Gasteiger partial charge >= 0.3 is 5.97 Å². The molecule has 0 saturated carbocycles. The maximum atomic E-state index is 12.8. The van der Waals surface area contributed by atoms with Crippen molar-refractivity contribution in [3.05, 3.63) is 108 Å². The zero-order chi connectivity index (χ0) is 22.6. The molecule has 0 fully saturated rings. The summed E-state index contributed by atoms with van der Waals surface area (Å²) in [5.41, 5.74) is 2.56. The van der Waals surface area contributed by atoms with Crippen LogP contribution in [-0.2, 0) is 21.4 Å². The predicted molar refractivity (Wildman–Crippen MR) is 121 cm³/mol. The van der Waals surface area contributed by atoms with E-state index in [0.717, 1.165) is 11.3 Å². The number of hydrogen-bond donors (Lipinski definition) is 0. The Balaban J connectivity index is 1.40. The third kappa shape index (κ3) is 4.55. The van der Waals surface area contributed by atoms with Crippen LogP contribution in [-0.4, -0.2) is 31.2 Å². The molecule has 162 valence electrons. The van der Waals surface area contributed by atoms with Gasteiger partial charge in [0.1, 0.15) is 6.61 Å². The first-order valence-electron chi connectivity index (χ1n) is 9.85. The van der Waals surface area contributed by atoms with Crippen LogP contribution in [0.15, 0.2) is 102 Å². The van der Waals surface area contributed by atoms with Gasteiger partial charge in [0.15, 0.2) is 0 Å². The number of sulfonamides is 1. The molecule has 32 heavy (non-hydrogen) atoms. The van der Waals surface area contributed by atoms with Crippen LogP contribution in [0.5, 0.6) is 0 Å². The van der Waals surface area contributed by atoms with Crippen LogP contribution in [0.25, 0.3) is 5.69 Å². The molecule has 0 N–H and O–H groups in total. The number of carbonyl (C=O) groups is 1. The van der Waals surface area contributed by atoms with E-state index in [0.29, 0.717) is 5.69 Å². The maximum absolute atomic E-state index is 12.8. The molecule has 0 saturated heterocycles. The molecule has 7 nitrogen and oxygen atoms in total. The summed E-state index contributed by atoms with van der Waals surface area (Å²) in [6, 6.07) is 23.8. The summed E-state index contributed by atoms with van der Waals surface area (Å²) in [7, 11) is -2.25. The van der Waals surface area contributed by atoms with Gasteiger partial charge in [-0.25, -0.2) is 17.9 Å². The first-order valence-corrected chi connectivity index (χ1v) is 11.3. The average Bonchev–Trinajstić information content (AvgIpc) is 3.38. The Morgan fingerprint density at radius 2 is 1.62 bits per heavy atom. The van der Waals surface area contributed by atoms with E-state index in [1.54, 1.807) is 35.1 Å². The number of para-hydroxylation sites is 1. The second kappa shape index (κ2) is 9.07. The normalized spacial score (nSPS) is 11.2. The Kier molecular flexibility index (Phi) is 6.04. The smallest absolute Gasteiger partial charge is 0.338 e. The Labute approximate surface area is 186 Å². The van der Waals surface area contributed by atoms with Gasteiger partial charge in [0.25, 0.3) is 10.0 Å². The third-order valence-corrected chi connectivity index (χ3v) is 6.74. The summed E-state index contributed by atoms with van der Waals surface area (Å²) >= 11 is 0. The molecule has 0 spiro atoms. The number of rotatable bonds is 7. The van der Waals surface area contributed by atoms with Crippen LogP contribution in [0.2, 0.25) is 0 Å². The van der Waals surface area contributed by atoms with Gasteiger partial charge in [-0.2, -0.15) is 5.10 Å². The lowest BCUT2D eigenvalue weighted by Gasteiger charge is -2.19. The minimum absolute atomic E-state index is 0.0922. The molecule has 4 aromatic rings. The van der Waals surface area contributed by atoms with E-state index in [1.807, 2.05) is 42.6 Å². The van der Waals surface area contributed by atoms with Crippen molar-refractivity contribution in [2.45, 2.75) is 11.5 Å². The number of anilines is 1. The monoisotopic (exact) mass is 447 g/mol. The molecule has 0 amide bonds. The highest BCUT2D eigenvalue weighted by Gasteiger charge is 2.21. The highest BCUT2D eigenvalue weighted by molar-refractivity contribution is 7.92. The van der Waals surface area contributed by atoms with Gasteiger partial charge < -0.3 is 4.74 Å². The van der Waals surface area contributed by atoms with Gasteiger partial charge in [0.05, 0.1) is 21.8 Å². The molecule has 0 bridgehead atoms. The molecular weight excluding hydrogens is 426 g/mol. The molecule has 1 heterocycles. The number of aromatic nitrogens is 2. The fourth-order valence-electron chi connectivity index (χ4n) is 3.10. The second-order valence-electron chi connectivity index (χ2n) is 7.03. The van der Waals surface area contributed by atoms with Crippen LogP contribution < -0.4 is 4.31 Å². The molecule has 8 heteroatoms. The van der Waals surface area contributed by atoms with E-state index in [-0.39, 0.29) is 17.1 Å². The van der Waals surface area contributed by atoms with Crippen molar-refractivity contribution in [2.24, 2.45) is 0 Å². The van der Waals surface area contributed by atoms with E-state index in [4.69, 9.17) is 4.74 Å². The molecule has 0 radical (unpaired) electrons. The van der Waals surface area contributed by atoms with Crippen molar-refractivity contribution in [3.63, 3.8) is 0 Å². The first-order chi connectivity index (χ1) is 15.4. The molecule has 4 rings (SSSR count). The molecule has 0 atom stereocenters. The third-order valence-electron chi connectivity index (χ3n) is 4.94. The zero-order valence-electron chi connectivity index (χ0n) is 17.3. The minimum atomic E-state index is -3.74.